The van der Waals surface area contributed by atoms with Crippen molar-refractivity contribution in [2.24, 2.45) is 11.3 Å². The highest BCUT2D eigenvalue weighted by Gasteiger charge is 2.34. The van der Waals surface area contributed by atoms with E-state index in [2.05, 4.69) is 0 Å². The van der Waals surface area contributed by atoms with Crippen LogP contribution in [0.3, 0.4) is 0 Å². The van der Waals surface area contributed by atoms with Crippen LogP contribution in [0.2, 0.25) is 0 Å². The van der Waals surface area contributed by atoms with Gasteiger partial charge in [0, 0.05) is 31.3 Å². The number of likely N-dealkylation sites (tertiary alicyclic amines) is 1. The van der Waals surface area contributed by atoms with Crippen molar-refractivity contribution in [3.63, 3.8) is 0 Å². The van der Waals surface area contributed by atoms with Gasteiger partial charge < -0.3 is 4.90 Å². The molecule has 0 aliphatic carbocycles. The smallest absolute Gasteiger partial charge is 0.223 e. The molecule has 1 unspecified atom stereocenters. The molecule has 1 aliphatic heterocycles. The second kappa shape index (κ2) is 3.71. The van der Waals surface area contributed by atoms with Crippen LogP contribution in [0.15, 0.2) is 0 Å². The van der Waals surface area contributed by atoms with Gasteiger partial charge in [0.25, 0.3) is 0 Å². The van der Waals surface area contributed by atoms with E-state index < -0.39 is 0 Å². The molecule has 14 heavy (non-hydrogen) atoms. The predicted octanol–water partition coefficient (Wildman–Crippen LogP) is 1.47. The molecule has 1 heterocycles. The molecular formula is C11H19NO2. The Balaban J connectivity index is 2.64. The summed E-state index contributed by atoms with van der Waals surface area (Å²) in [6.45, 7) is 6.46. The predicted molar refractivity (Wildman–Crippen MR) is 54.8 cm³/mol. The summed E-state index contributed by atoms with van der Waals surface area (Å²) in [6.07, 6.45) is 1.21. The molecule has 0 aromatic rings. The molecule has 0 bridgehead atoms. The first-order valence-electron chi connectivity index (χ1n) is 5.10. The lowest BCUT2D eigenvalue weighted by atomic mass is 9.79. The molecule has 0 spiro atoms. The average Bonchev–Trinajstić information content (AvgIpc) is 2.07. The summed E-state index contributed by atoms with van der Waals surface area (Å²) in [4.78, 5) is 25.0. The maximum absolute atomic E-state index is 11.9. The van der Waals surface area contributed by atoms with Gasteiger partial charge in [-0.05, 0) is 6.42 Å². The van der Waals surface area contributed by atoms with Crippen LogP contribution in [0.5, 0.6) is 0 Å². The third-order valence-corrected chi connectivity index (χ3v) is 2.77. The van der Waals surface area contributed by atoms with Crippen molar-refractivity contribution in [2.75, 3.05) is 13.6 Å². The van der Waals surface area contributed by atoms with Crippen LogP contribution in [-0.2, 0) is 9.59 Å². The van der Waals surface area contributed by atoms with Gasteiger partial charge in [-0.15, -0.1) is 0 Å². The molecule has 0 aromatic heterocycles. The molecule has 0 aromatic carbocycles. The van der Waals surface area contributed by atoms with Crippen molar-refractivity contribution >= 4 is 11.7 Å². The van der Waals surface area contributed by atoms with E-state index in [4.69, 9.17) is 0 Å². The number of carbonyl (C=O) groups excluding carboxylic acids is 2. The minimum absolute atomic E-state index is 0.0568. The zero-order chi connectivity index (χ0) is 10.9. The Bertz CT molecular complexity index is 253. The van der Waals surface area contributed by atoms with Crippen molar-refractivity contribution < 1.29 is 9.59 Å². The number of hydrogen-bond acceptors (Lipinski definition) is 2. The van der Waals surface area contributed by atoms with Crippen molar-refractivity contribution in [3.05, 3.63) is 0 Å². The van der Waals surface area contributed by atoms with Gasteiger partial charge in [0.15, 0.2) is 0 Å². The van der Waals surface area contributed by atoms with Crippen LogP contribution >= 0.6 is 0 Å². The van der Waals surface area contributed by atoms with Crippen LogP contribution in [-0.4, -0.2) is 30.2 Å². The number of rotatable bonds is 1. The first kappa shape index (κ1) is 11.2. The molecule has 1 fully saturated rings. The fraction of sp³-hybridized carbons (Fsp3) is 0.818. The summed E-state index contributed by atoms with van der Waals surface area (Å²) in [7, 11) is 1.79. The van der Waals surface area contributed by atoms with Gasteiger partial charge in [0.2, 0.25) is 5.91 Å². The van der Waals surface area contributed by atoms with Crippen molar-refractivity contribution in [1.29, 1.82) is 0 Å². The van der Waals surface area contributed by atoms with Crippen LogP contribution < -0.4 is 0 Å². The van der Waals surface area contributed by atoms with Gasteiger partial charge in [-0.2, -0.15) is 0 Å². The summed E-state index contributed by atoms with van der Waals surface area (Å²) in [5, 5.41) is 0. The Kier molecular flexibility index (Phi) is 2.98. The van der Waals surface area contributed by atoms with Gasteiger partial charge in [-0.3, -0.25) is 9.59 Å². The number of Topliss-reactive ketones (excluding diaryl/α,β-unsaturated/α-hetero) is 1. The first-order valence-corrected chi connectivity index (χ1v) is 5.10. The number of nitrogens with zero attached hydrogens (tertiary/aromatic N) is 1. The number of piperidine rings is 1. The maximum Gasteiger partial charge on any atom is 0.223 e. The third-order valence-electron chi connectivity index (χ3n) is 2.77. The zero-order valence-electron chi connectivity index (χ0n) is 9.46. The van der Waals surface area contributed by atoms with E-state index in [1.807, 2.05) is 20.8 Å². The highest BCUT2D eigenvalue weighted by atomic mass is 16.2. The highest BCUT2D eigenvalue weighted by molar-refractivity contribution is 5.91. The average molecular weight is 197 g/mol. The number of amides is 1. The van der Waals surface area contributed by atoms with E-state index in [0.29, 0.717) is 13.0 Å². The van der Waals surface area contributed by atoms with E-state index in [0.717, 1.165) is 6.42 Å². The van der Waals surface area contributed by atoms with E-state index in [-0.39, 0.29) is 23.0 Å². The van der Waals surface area contributed by atoms with Crippen LogP contribution in [0.1, 0.15) is 33.6 Å². The molecule has 1 saturated heterocycles. The number of carbonyl (C=O) groups is 2. The lowest BCUT2D eigenvalue weighted by Crippen LogP contribution is -2.41. The lowest BCUT2D eigenvalue weighted by Gasteiger charge is -2.31. The summed E-state index contributed by atoms with van der Waals surface area (Å²) in [6, 6.07) is 0. The highest BCUT2D eigenvalue weighted by Crippen LogP contribution is 2.27. The Morgan fingerprint density at radius 3 is 2.43 bits per heavy atom. The quantitative estimate of drug-likeness (QED) is 0.638. The Labute approximate surface area is 85.5 Å². The van der Waals surface area contributed by atoms with Crippen molar-refractivity contribution in [2.45, 2.75) is 33.6 Å². The second-order valence-electron chi connectivity index (χ2n) is 5.12. The van der Waals surface area contributed by atoms with E-state index in [9.17, 15) is 9.59 Å². The van der Waals surface area contributed by atoms with Gasteiger partial charge in [0.05, 0.1) is 0 Å². The molecule has 0 radical (unpaired) electrons. The summed E-state index contributed by atoms with van der Waals surface area (Å²) >= 11 is 0. The fourth-order valence-corrected chi connectivity index (χ4v) is 1.78. The minimum atomic E-state index is -0.319. The number of ketones is 1. The summed E-state index contributed by atoms with van der Waals surface area (Å²) in [5.41, 5.74) is -0.319. The lowest BCUT2D eigenvalue weighted by molar-refractivity contribution is -0.141. The van der Waals surface area contributed by atoms with E-state index in [1.54, 1.807) is 11.9 Å². The zero-order valence-corrected chi connectivity index (χ0v) is 9.46. The Hall–Kier alpha value is -0.860. The Morgan fingerprint density at radius 2 is 2.00 bits per heavy atom. The number of hydrogen-bond donors (Lipinski definition) is 0. The minimum Gasteiger partial charge on any atom is -0.346 e. The Morgan fingerprint density at radius 1 is 1.43 bits per heavy atom. The fourth-order valence-electron chi connectivity index (χ4n) is 1.78. The molecule has 80 valence electrons. The third kappa shape index (κ3) is 2.34. The van der Waals surface area contributed by atoms with Gasteiger partial charge in [0.1, 0.15) is 5.78 Å². The van der Waals surface area contributed by atoms with Crippen molar-refractivity contribution in [1.82, 2.24) is 4.90 Å². The summed E-state index contributed by atoms with van der Waals surface area (Å²) < 4.78 is 0. The van der Waals surface area contributed by atoms with Gasteiger partial charge in [-0.1, -0.05) is 20.8 Å². The topological polar surface area (TPSA) is 37.4 Å². The second-order valence-corrected chi connectivity index (χ2v) is 5.12. The van der Waals surface area contributed by atoms with Crippen LogP contribution in [0, 0.1) is 11.3 Å². The first-order chi connectivity index (χ1) is 6.32. The van der Waals surface area contributed by atoms with E-state index in [1.165, 1.54) is 0 Å². The molecule has 3 heteroatoms. The molecule has 3 nitrogen and oxygen atoms in total. The molecule has 1 amide bonds. The van der Waals surface area contributed by atoms with Crippen LogP contribution in [0.4, 0.5) is 0 Å². The molecule has 1 rings (SSSR count). The monoisotopic (exact) mass is 197 g/mol. The SMILES string of the molecule is CN1CCC(C(=O)C(C)(C)C)CC1=O. The van der Waals surface area contributed by atoms with E-state index >= 15 is 0 Å². The van der Waals surface area contributed by atoms with Crippen LogP contribution in [0.25, 0.3) is 0 Å². The molecule has 0 N–H and O–H groups in total. The maximum atomic E-state index is 11.9. The molecule has 1 aliphatic rings. The largest absolute Gasteiger partial charge is 0.346 e. The molecule has 1 atom stereocenters. The normalized spacial score (nSPS) is 23.9. The summed E-state index contributed by atoms with van der Waals surface area (Å²) in [5.74, 6) is 0.261. The molecule has 0 saturated carbocycles. The van der Waals surface area contributed by atoms with Crippen molar-refractivity contribution in [3.8, 4) is 0 Å². The van der Waals surface area contributed by atoms with Gasteiger partial charge in [-0.25, -0.2) is 0 Å². The standard InChI is InChI=1S/C11H19NO2/c1-11(2,3)10(14)8-5-6-12(4)9(13)7-8/h8H,5-7H2,1-4H3. The van der Waals surface area contributed by atoms with Gasteiger partial charge >= 0.3 is 0 Å². The molecular weight excluding hydrogens is 178 g/mol.